The van der Waals surface area contributed by atoms with Gasteiger partial charge in [-0.25, -0.2) is 14.3 Å². The molecule has 1 saturated heterocycles. The molecule has 1 aliphatic rings. The van der Waals surface area contributed by atoms with Crippen LogP contribution in [0.2, 0.25) is 0 Å². The molecule has 8 heteroatoms. The van der Waals surface area contributed by atoms with Crippen molar-refractivity contribution in [2.75, 3.05) is 29.9 Å². The summed E-state index contributed by atoms with van der Waals surface area (Å²) in [5.41, 5.74) is 3.53. The van der Waals surface area contributed by atoms with Crippen LogP contribution in [0, 0.1) is 0 Å². The molecular formula is C21H21N5O3. The van der Waals surface area contributed by atoms with E-state index in [-0.39, 0.29) is 12.1 Å². The Bertz CT molecular complexity index is 969. The number of aromatic nitrogens is 2. The van der Waals surface area contributed by atoms with Gasteiger partial charge in [0.25, 0.3) is 0 Å². The summed E-state index contributed by atoms with van der Waals surface area (Å²) >= 11 is 0. The maximum atomic E-state index is 12.1. The third-order valence-corrected chi connectivity index (χ3v) is 4.60. The van der Waals surface area contributed by atoms with E-state index in [9.17, 15) is 9.59 Å². The highest BCUT2D eigenvalue weighted by Gasteiger charge is 2.23. The minimum Gasteiger partial charge on any atom is -0.447 e. The van der Waals surface area contributed by atoms with Gasteiger partial charge in [-0.1, -0.05) is 12.1 Å². The van der Waals surface area contributed by atoms with E-state index < -0.39 is 0 Å². The topological polar surface area (TPSA) is 88.5 Å². The zero-order valence-electron chi connectivity index (χ0n) is 15.7. The monoisotopic (exact) mass is 391 g/mol. The van der Waals surface area contributed by atoms with Gasteiger partial charge in [0.2, 0.25) is 0 Å². The van der Waals surface area contributed by atoms with Gasteiger partial charge in [-0.2, -0.15) is 5.10 Å². The van der Waals surface area contributed by atoms with E-state index in [1.54, 1.807) is 40.0 Å². The van der Waals surface area contributed by atoms with E-state index in [0.29, 0.717) is 25.4 Å². The molecule has 2 heterocycles. The summed E-state index contributed by atoms with van der Waals surface area (Å²) in [6.45, 7) is 1.45. The standard InChI is InChI=1S/C21H21N5O3/c27-20(24-17-4-8-18(9-5-17)25-14-15-29-21(25)28)22-12-10-16-2-6-19(7-3-16)26-13-1-11-23-26/h1-9,11,13H,10,12,14-15H2,(H2,22,24,27). The van der Waals surface area contributed by atoms with Gasteiger partial charge in [-0.3, -0.25) is 4.90 Å². The molecule has 0 aliphatic carbocycles. The predicted octanol–water partition coefficient (Wildman–Crippen LogP) is 3.19. The molecule has 0 spiro atoms. The van der Waals surface area contributed by atoms with Crippen LogP contribution in [0.5, 0.6) is 0 Å². The fraction of sp³-hybridized carbons (Fsp3) is 0.190. The fourth-order valence-electron chi connectivity index (χ4n) is 3.09. The third kappa shape index (κ3) is 4.55. The van der Waals surface area contributed by atoms with Gasteiger partial charge in [-0.05, 0) is 54.4 Å². The van der Waals surface area contributed by atoms with E-state index >= 15 is 0 Å². The molecule has 8 nitrogen and oxygen atoms in total. The Kier molecular flexibility index (Phi) is 5.42. The highest BCUT2D eigenvalue weighted by molar-refractivity contribution is 5.91. The number of carbonyl (C=O) groups excluding carboxylic acids is 2. The maximum Gasteiger partial charge on any atom is 0.414 e. The van der Waals surface area contributed by atoms with Crippen LogP contribution in [0.15, 0.2) is 67.0 Å². The number of amides is 3. The van der Waals surface area contributed by atoms with Gasteiger partial charge in [0.05, 0.1) is 12.2 Å². The molecule has 0 bridgehead atoms. The Morgan fingerprint density at radius 1 is 1.07 bits per heavy atom. The average Bonchev–Trinajstić information content (AvgIpc) is 3.41. The van der Waals surface area contributed by atoms with Crippen LogP contribution in [-0.4, -0.2) is 41.6 Å². The highest BCUT2D eigenvalue weighted by Crippen LogP contribution is 2.21. The second-order valence-electron chi connectivity index (χ2n) is 6.56. The summed E-state index contributed by atoms with van der Waals surface area (Å²) < 4.78 is 6.72. The molecule has 3 amide bonds. The van der Waals surface area contributed by atoms with Crippen molar-refractivity contribution in [3.8, 4) is 5.69 Å². The molecule has 4 rings (SSSR count). The first-order valence-corrected chi connectivity index (χ1v) is 9.37. The van der Waals surface area contributed by atoms with Crippen molar-refractivity contribution in [2.45, 2.75) is 6.42 Å². The van der Waals surface area contributed by atoms with Crippen LogP contribution in [0.4, 0.5) is 21.0 Å². The van der Waals surface area contributed by atoms with E-state index in [1.807, 2.05) is 36.5 Å². The van der Waals surface area contributed by atoms with Crippen molar-refractivity contribution in [1.29, 1.82) is 0 Å². The summed E-state index contributed by atoms with van der Waals surface area (Å²) in [5, 5.41) is 9.83. The first kappa shape index (κ1) is 18.5. The lowest BCUT2D eigenvalue weighted by Crippen LogP contribution is -2.30. The Hall–Kier alpha value is -3.81. The summed E-state index contributed by atoms with van der Waals surface area (Å²) in [4.78, 5) is 25.2. The molecule has 0 radical (unpaired) electrons. The van der Waals surface area contributed by atoms with E-state index in [2.05, 4.69) is 15.7 Å². The molecule has 0 saturated carbocycles. The van der Waals surface area contributed by atoms with Crippen molar-refractivity contribution in [2.24, 2.45) is 0 Å². The summed E-state index contributed by atoms with van der Waals surface area (Å²) in [7, 11) is 0. The Balaban J connectivity index is 1.23. The Morgan fingerprint density at radius 3 is 2.48 bits per heavy atom. The number of urea groups is 1. The Morgan fingerprint density at radius 2 is 1.83 bits per heavy atom. The fourth-order valence-corrected chi connectivity index (χ4v) is 3.09. The largest absolute Gasteiger partial charge is 0.447 e. The first-order chi connectivity index (χ1) is 14.2. The molecular weight excluding hydrogens is 370 g/mol. The number of benzene rings is 2. The van der Waals surface area contributed by atoms with E-state index in [1.165, 1.54) is 0 Å². The van der Waals surface area contributed by atoms with Crippen LogP contribution in [-0.2, 0) is 11.2 Å². The normalized spacial score (nSPS) is 13.2. The van der Waals surface area contributed by atoms with Crippen molar-refractivity contribution >= 4 is 23.5 Å². The maximum absolute atomic E-state index is 12.1. The van der Waals surface area contributed by atoms with Crippen LogP contribution in [0.25, 0.3) is 5.69 Å². The number of nitrogens with zero attached hydrogens (tertiary/aromatic N) is 3. The minimum atomic E-state index is -0.346. The molecule has 2 aromatic carbocycles. The zero-order valence-corrected chi connectivity index (χ0v) is 15.7. The predicted molar refractivity (Wildman–Crippen MR) is 109 cm³/mol. The van der Waals surface area contributed by atoms with Crippen molar-refractivity contribution in [3.63, 3.8) is 0 Å². The summed E-state index contributed by atoms with van der Waals surface area (Å²) in [5.74, 6) is 0. The number of ether oxygens (including phenoxy) is 1. The highest BCUT2D eigenvalue weighted by atomic mass is 16.6. The molecule has 0 atom stereocenters. The average molecular weight is 391 g/mol. The molecule has 1 aliphatic heterocycles. The number of rotatable bonds is 6. The first-order valence-electron chi connectivity index (χ1n) is 9.37. The molecule has 0 unspecified atom stereocenters. The molecule has 3 aromatic rings. The number of hydrogen-bond acceptors (Lipinski definition) is 4. The van der Waals surface area contributed by atoms with Crippen LogP contribution >= 0.6 is 0 Å². The Labute approximate surface area is 168 Å². The van der Waals surface area contributed by atoms with Gasteiger partial charge in [0.1, 0.15) is 6.61 Å². The van der Waals surface area contributed by atoms with Gasteiger partial charge >= 0.3 is 12.1 Å². The lowest BCUT2D eigenvalue weighted by Gasteiger charge is -2.13. The number of carbonyl (C=O) groups is 2. The van der Waals surface area contributed by atoms with Crippen LogP contribution in [0.3, 0.4) is 0 Å². The lowest BCUT2D eigenvalue weighted by atomic mass is 10.1. The van der Waals surface area contributed by atoms with Crippen molar-refractivity contribution < 1.29 is 14.3 Å². The van der Waals surface area contributed by atoms with Gasteiger partial charge in [0, 0.05) is 30.3 Å². The molecule has 2 N–H and O–H groups in total. The molecule has 1 aromatic heterocycles. The molecule has 148 valence electrons. The van der Waals surface area contributed by atoms with Crippen LogP contribution in [0.1, 0.15) is 5.56 Å². The second kappa shape index (κ2) is 8.47. The van der Waals surface area contributed by atoms with Crippen LogP contribution < -0.4 is 15.5 Å². The third-order valence-electron chi connectivity index (χ3n) is 4.60. The number of anilines is 2. The van der Waals surface area contributed by atoms with Crippen molar-refractivity contribution in [3.05, 3.63) is 72.6 Å². The van der Waals surface area contributed by atoms with Gasteiger partial charge in [-0.15, -0.1) is 0 Å². The smallest absolute Gasteiger partial charge is 0.414 e. The second-order valence-corrected chi connectivity index (χ2v) is 6.56. The van der Waals surface area contributed by atoms with Crippen molar-refractivity contribution in [1.82, 2.24) is 15.1 Å². The molecule has 29 heavy (non-hydrogen) atoms. The number of nitrogens with one attached hydrogen (secondary N) is 2. The van der Waals surface area contributed by atoms with E-state index in [0.717, 1.165) is 23.4 Å². The summed E-state index contributed by atoms with van der Waals surface area (Å²) in [6, 6.07) is 16.7. The summed E-state index contributed by atoms with van der Waals surface area (Å²) in [6.07, 6.45) is 4.01. The number of cyclic esters (lactones) is 1. The molecule has 1 fully saturated rings. The quantitative estimate of drug-likeness (QED) is 0.675. The number of hydrogen-bond donors (Lipinski definition) is 2. The lowest BCUT2D eigenvalue weighted by molar-refractivity contribution is 0.181. The van der Waals surface area contributed by atoms with Gasteiger partial charge < -0.3 is 15.4 Å². The van der Waals surface area contributed by atoms with Gasteiger partial charge in [0.15, 0.2) is 0 Å². The zero-order chi connectivity index (χ0) is 20.1. The SMILES string of the molecule is O=C(NCCc1ccc(-n2cccn2)cc1)Nc1ccc(N2CCOC2=O)cc1. The van der Waals surface area contributed by atoms with E-state index in [4.69, 9.17) is 4.74 Å². The minimum absolute atomic E-state index is 0.272.